The van der Waals surface area contributed by atoms with Gasteiger partial charge in [0, 0.05) is 11.8 Å². The van der Waals surface area contributed by atoms with Crippen LogP contribution in [0.5, 0.6) is 0 Å². The van der Waals surface area contributed by atoms with Crippen molar-refractivity contribution >= 4 is 17.8 Å². The number of nitrogens with zero attached hydrogens (tertiary/aromatic N) is 2. The van der Waals surface area contributed by atoms with Crippen LogP contribution < -0.4 is 5.32 Å². The van der Waals surface area contributed by atoms with Gasteiger partial charge in [0.1, 0.15) is 6.04 Å². The van der Waals surface area contributed by atoms with Gasteiger partial charge in [0.2, 0.25) is 11.8 Å². The van der Waals surface area contributed by atoms with Gasteiger partial charge in [-0.05, 0) is 50.8 Å². The van der Waals surface area contributed by atoms with Gasteiger partial charge < -0.3 is 15.3 Å². The maximum Gasteiger partial charge on any atom is 0.544 e. The van der Waals surface area contributed by atoms with Crippen LogP contribution in [0.4, 0.5) is 0 Å². The van der Waals surface area contributed by atoms with E-state index in [9.17, 15) is 14.4 Å². The summed E-state index contributed by atoms with van der Waals surface area (Å²) in [5.74, 6) is -0.996. The van der Waals surface area contributed by atoms with E-state index in [-0.39, 0.29) is 29.8 Å². The summed E-state index contributed by atoms with van der Waals surface area (Å²) in [6.45, 7) is 12.2. The number of piperidine rings is 1. The highest BCUT2D eigenvalue weighted by atomic mass is 16.4. The maximum absolute atomic E-state index is 13.4. The van der Waals surface area contributed by atoms with Crippen LogP contribution in [0.1, 0.15) is 60.8 Å². The maximum atomic E-state index is 13.4. The molecule has 2 amide bonds. The first kappa shape index (κ1) is 25.1. The second kappa shape index (κ2) is 10.2. The Bertz CT molecular complexity index is 636. The summed E-state index contributed by atoms with van der Waals surface area (Å²) in [5.41, 5.74) is -0.164. The Balaban J connectivity index is 3.10. The fraction of sp³-hybridized carbons (Fsp3) is 0.773. The number of likely N-dealkylation sites (N-methyl/N-ethyl adjacent to an activating group) is 2. The lowest BCUT2D eigenvalue weighted by Gasteiger charge is -2.39. The van der Waals surface area contributed by atoms with Gasteiger partial charge in [-0.25, -0.2) is 0 Å². The minimum absolute atomic E-state index is 0.0547. The number of amides is 2. The number of likely N-dealkylation sites (tertiary alicyclic amines) is 1. The molecule has 7 heteroatoms. The molecule has 1 fully saturated rings. The third kappa shape index (κ3) is 6.84. The van der Waals surface area contributed by atoms with E-state index in [0.29, 0.717) is 5.57 Å². The molecule has 7 nitrogen and oxygen atoms in total. The quantitative estimate of drug-likeness (QED) is 0.510. The average Bonchev–Trinajstić information content (AvgIpc) is 2.61. The molecule has 0 radical (unpaired) electrons. The van der Waals surface area contributed by atoms with E-state index >= 15 is 0 Å². The Hall–Kier alpha value is -1.89. The highest BCUT2D eigenvalue weighted by Gasteiger charge is 2.39. The third-order valence-electron chi connectivity index (χ3n) is 5.73. The first-order valence-electron chi connectivity index (χ1n) is 10.5. The van der Waals surface area contributed by atoms with Gasteiger partial charge in [-0.15, -0.1) is 0 Å². The van der Waals surface area contributed by atoms with E-state index in [1.54, 1.807) is 24.9 Å². The summed E-state index contributed by atoms with van der Waals surface area (Å²) < 4.78 is 0. The SMILES string of the molecule is C/C(=C\C(C(C)C)N(C)C(=O)C(NC(=O)C1CCCCN1C)C(C)(C)C)C(=O)[OH2+]. The monoisotopic (exact) mass is 410 g/mol. The number of nitrogens with one attached hydrogen (secondary N) is 1. The van der Waals surface area contributed by atoms with Crippen LogP contribution in [-0.2, 0) is 14.4 Å². The second-order valence-corrected chi connectivity index (χ2v) is 9.66. The van der Waals surface area contributed by atoms with Gasteiger partial charge in [-0.3, -0.25) is 14.5 Å². The summed E-state index contributed by atoms with van der Waals surface area (Å²) in [5, 5.41) is 10.3. The first-order chi connectivity index (χ1) is 13.3. The van der Waals surface area contributed by atoms with Crippen LogP contribution in [0, 0.1) is 11.3 Å². The zero-order valence-corrected chi connectivity index (χ0v) is 19.3. The minimum atomic E-state index is -0.752. The van der Waals surface area contributed by atoms with Gasteiger partial charge in [0.25, 0.3) is 0 Å². The van der Waals surface area contributed by atoms with Crippen molar-refractivity contribution in [2.45, 2.75) is 78.9 Å². The normalized spacial score (nSPS) is 20.9. The van der Waals surface area contributed by atoms with Crippen LogP contribution in [0.2, 0.25) is 0 Å². The molecule has 3 N–H and O–H groups in total. The molecule has 1 rings (SSSR count). The number of carbonyl (C=O) groups excluding carboxylic acids is 3. The molecule has 1 heterocycles. The molecule has 0 aromatic rings. The lowest BCUT2D eigenvalue weighted by atomic mass is 9.84. The van der Waals surface area contributed by atoms with Crippen molar-refractivity contribution in [1.82, 2.24) is 15.1 Å². The average molecular weight is 411 g/mol. The molecule has 166 valence electrons. The molecule has 0 aromatic carbocycles. The van der Waals surface area contributed by atoms with Gasteiger partial charge in [-0.2, -0.15) is 0 Å². The third-order valence-corrected chi connectivity index (χ3v) is 5.73. The van der Waals surface area contributed by atoms with Gasteiger partial charge >= 0.3 is 5.97 Å². The van der Waals surface area contributed by atoms with Crippen LogP contribution in [0.25, 0.3) is 0 Å². The lowest BCUT2D eigenvalue weighted by Crippen LogP contribution is -2.59. The predicted octanol–water partition coefficient (Wildman–Crippen LogP) is 1.68. The Labute approximate surface area is 175 Å². The molecular weight excluding hydrogens is 370 g/mol. The van der Waals surface area contributed by atoms with Crippen molar-refractivity contribution in [3.8, 4) is 0 Å². The van der Waals surface area contributed by atoms with Crippen LogP contribution in [0.3, 0.4) is 0 Å². The summed E-state index contributed by atoms with van der Waals surface area (Å²) in [6, 6.07) is -1.23. The molecule has 0 spiro atoms. The van der Waals surface area contributed by atoms with Crippen LogP contribution in [-0.4, -0.2) is 71.5 Å². The number of hydrogen-bond acceptors (Lipinski definition) is 4. The standard InChI is InChI=1S/C22H39N3O4/c1-14(2)17(13-15(3)21(28)29)25(8)20(27)18(22(4,5)6)23-19(26)16-11-9-10-12-24(16)7/h13-14,16-18H,9-12H2,1-8H3,(H,23,26)(H,28,29)/p+1/b15-13+. The highest BCUT2D eigenvalue weighted by molar-refractivity contribution is 5.91. The zero-order valence-electron chi connectivity index (χ0n) is 19.3. The van der Waals surface area contributed by atoms with Crippen LogP contribution in [0.15, 0.2) is 11.6 Å². The van der Waals surface area contributed by atoms with Crippen molar-refractivity contribution in [3.63, 3.8) is 0 Å². The molecule has 0 aliphatic carbocycles. The Kier molecular flexibility index (Phi) is 8.87. The topological polar surface area (TPSA) is 92.6 Å². The molecule has 1 aliphatic rings. The van der Waals surface area contributed by atoms with Gasteiger partial charge in [0.05, 0.1) is 17.7 Å². The summed E-state index contributed by atoms with van der Waals surface area (Å²) in [6.07, 6.45) is 4.57. The molecule has 0 saturated carbocycles. The smallest absolute Gasteiger partial charge is 0.544 e. The molecule has 3 unspecified atom stereocenters. The molecule has 1 aliphatic heterocycles. The fourth-order valence-corrected chi connectivity index (χ4v) is 3.73. The van der Waals surface area contributed by atoms with Crippen molar-refractivity contribution in [1.29, 1.82) is 0 Å². The van der Waals surface area contributed by atoms with Gasteiger partial charge in [-0.1, -0.05) is 41.0 Å². The number of rotatable bonds is 7. The molecule has 1 saturated heterocycles. The zero-order chi connectivity index (χ0) is 22.5. The van der Waals surface area contributed by atoms with Crippen molar-refractivity contribution < 1.29 is 19.5 Å². The van der Waals surface area contributed by atoms with E-state index in [4.69, 9.17) is 5.11 Å². The molecular formula is C22H40N3O4+. The van der Waals surface area contributed by atoms with Crippen molar-refractivity contribution in [3.05, 3.63) is 11.6 Å². The van der Waals surface area contributed by atoms with E-state index in [1.165, 1.54) is 0 Å². The van der Waals surface area contributed by atoms with E-state index in [0.717, 1.165) is 25.8 Å². The second-order valence-electron chi connectivity index (χ2n) is 9.66. The van der Waals surface area contributed by atoms with E-state index in [1.807, 2.05) is 41.7 Å². The molecule has 3 atom stereocenters. The summed E-state index contributed by atoms with van der Waals surface area (Å²) in [7, 11) is 3.65. The highest BCUT2D eigenvalue weighted by Crippen LogP contribution is 2.25. The minimum Gasteiger partial charge on any atom is -0.561 e. The summed E-state index contributed by atoms with van der Waals surface area (Å²) >= 11 is 0. The van der Waals surface area contributed by atoms with E-state index < -0.39 is 17.4 Å². The molecule has 0 aromatic heterocycles. The Morgan fingerprint density at radius 3 is 2.24 bits per heavy atom. The molecule has 0 bridgehead atoms. The van der Waals surface area contributed by atoms with Gasteiger partial charge in [0.15, 0.2) is 0 Å². The molecule has 29 heavy (non-hydrogen) atoms. The van der Waals surface area contributed by atoms with Crippen molar-refractivity contribution in [2.75, 3.05) is 20.6 Å². The Morgan fingerprint density at radius 2 is 1.79 bits per heavy atom. The Morgan fingerprint density at radius 1 is 1.21 bits per heavy atom. The number of hydrogen-bond donors (Lipinski definition) is 1. The van der Waals surface area contributed by atoms with Crippen LogP contribution >= 0.6 is 0 Å². The van der Waals surface area contributed by atoms with Crippen molar-refractivity contribution in [2.24, 2.45) is 11.3 Å². The largest absolute Gasteiger partial charge is 0.561 e. The predicted molar refractivity (Wildman–Crippen MR) is 115 cm³/mol. The summed E-state index contributed by atoms with van der Waals surface area (Å²) in [4.78, 5) is 41.4. The first-order valence-corrected chi connectivity index (χ1v) is 10.5. The number of carbonyl (C=O) groups is 3. The lowest BCUT2D eigenvalue weighted by molar-refractivity contribution is -0.141. The fourth-order valence-electron chi connectivity index (χ4n) is 3.73. The van der Waals surface area contributed by atoms with E-state index in [2.05, 4.69) is 10.2 Å².